The molecule has 0 atom stereocenters. The molecule has 118 valence electrons. The maximum Gasteiger partial charge on any atom is 0.201 e. The Labute approximate surface area is 137 Å². The highest BCUT2D eigenvalue weighted by atomic mass is 16.5. The van der Waals surface area contributed by atoms with Crippen molar-refractivity contribution in [1.29, 1.82) is 0 Å². The number of benzene rings is 2. The molecule has 0 bridgehead atoms. The van der Waals surface area contributed by atoms with Crippen molar-refractivity contribution in [2.75, 3.05) is 7.11 Å². The molecule has 24 heavy (non-hydrogen) atoms. The van der Waals surface area contributed by atoms with E-state index >= 15 is 0 Å². The van der Waals surface area contributed by atoms with E-state index in [2.05, 4.69) is 20.7 Å². The Kier molecular flexibility index (Phi) is 3.51. The fourth-order valence-electron chi connectivity index (χ4n) is 2.37. The van der Waals surface area contributed by atoms with E-state index in [4.69, 9.17) is 9.26 Å². The van der Waals surface area contributed by atoms with Crippen molar-refractivity contribution in [1.82, 2.24) is 25.4 Å². The second-order valence-corrected chi connectivity index (χ2v) is 5.06. The molecular formula is C17H13N5O2. The minimum atomic E-state index is 0.518. The van der Waals surface area contributed by atoms with E-state index in [1.54, 1.807) is 17.9 Å². The summed E-state index contributed by atoms with van der Waals surface area (Å²) in [5.74, 6) is 2.53. The van der Waals surface area contributed by atoms with Gasteiger partial charge in [0.25, 0.3) is 0 Å². The van der Waals surface area contributed by atoms with Gasteiger partial charge in [-0.15, -0.1) is 5.10 Å². The third-order valence-electron chi connectivity index (χ3n) is 3.59. The molecule has 4 rings (SSSR count). The van der Waals surface area contributed by atoms with Crippen molar-refractivity contribution in [2.24, 2.45) is 0 Å². The molecule has 0 fully saturated rings. The number of hydrogen-bond acceptors (Lipinski definition) is 6. The lowest BCUT2D eigenvalue weighted by Crippen LogP contribution is -1.99. The van der Waals surface area contributed by atoms with Crippen LogP contribution in [0.15, 0.2) is 65.2 Å². The number of aromatic nitrogens is 5. The number of nitrogens with zero attached hydrogens (tertiary/aromatic N) is 5. The van der Waals surface area contributed by atoms with Crippen molar-refractivity contribution < 1.29 is 9.26 Å². The summed E-state index contributed by atoms with van der Waals surface area (Å²) in [4.78, 5) is 0. The standard InChI is InChI=1S/C17H13N5O2/c1-23-14-9-7-12(8-10-14)15-11-16(19-24-15)22-17(18-20-21-22)13-5-3-2-4-6-13/h2-11H,1H3. The van der Waals surface area contributed by atoms with Gasteiger partial charge in [-0.25, -0.2) is 0 Å². The molecule has 0 spiro atoms. The molecule has 0 aliphatic heterocycles. The highest BCUT2D eigenvalue weighted by molar-refractivity contribution is 5.61. The fourth-order valence-corrected chi connectivity index (χ4v) is 2.37. The van der Waals surface area contributed by atoms with Crippen molar-refractivity contribution in [3.05, 3.63) is 60.7 Å². The number of methoxy groups -OCH3 is 1. The quantitative estimate of drug-likeness (QED) is 0.575. The van der Waals surface area contributed by atoms with Gasteiger partial charge in [-0.2, -0.15) is 4.68 Å². The third kappa shape index (κ3) is 2.52. The van der Waals surface area contributed by atoms with Crippen LogP contribution in [0.1, 0.15) is 0 Å². The van der Waals surface area contributed by atoms with Crippen LogP contribution < -0.4 is 4.74 Å². The molecule has 0 aliphatic rings. The van der Waals surface area contributed by atoms with Crippen LogP contribution >= 0.6 is 0 Å². The largest absolute Gasteiger partial charge is 0.497 e. The number of hydrogen-bond donors (Lipinski definition) is 0. The predicted octanol–water partition coefficient (Wildman–Crippen LogP) is 2.99. The van der Waals surface area contributed by atoms with Crippen LogP contribution in [0, 0.1) is 0 Å². The fraction of sp³-hybridized carbons (Fsp3) is 0.0588. The Hall–Kier alpha value is -3.48. The zero-order valence-electron chi connectivity index (χ0n) is 12.8. The van der Waals surface area contributed by atoms with E-state index in [1.165, 1.54) is 0 Å². The highest BCUT2D eigenvalue weighted by Crippen LogP contribution is 2.25. The Bertz CT molecular complexity index is 945. The average Bonchev–Trinajstić information content (AvgIpc) is 3.32. The van der Waals surface area contributed by atoms with Crippen molar-refractivity contribution in [2.45, 2.75) is 0 Å². The first kappa shape index (κ1) is 14.1. The first-order valence-corrected chi connectivity index (χ1v) is 7.30. The molecule has 0 radical (unpaired) electrons. The van der Waals surface area contributed by atoms with Gasteiger partial charge in [0.1, 0.15) is 5.75 Å². The molecule has 0 saturated heterocycles. The Morgan fingerprint density at radius 3 is 2.50 bits per heavy atom. The van der Waals surface area contributed by atoms with E-state index in [0.29, 0.717) is 17.4 Å². The summed E-state index contributed by atoms with van der Waals surface area (Å²) in [6, 6.07) is 19.0. The topological polar surface area (TPSA) is 78.9 Å². The Balaban J connectivity index is 1.70. The van der Waals surface area contributed by atoms with Crippen LogP contribution in [-0.2, 0) is 0 Å². The lowest BCUT2D eigenvalue weighted by Gasteiger charge is -2.00. The molecule has 0 amide bonds. The van der Waals surface area contributed by atoms with Crippen LogP contribution in [0.5, 0.6) is 5.75 Å². The van der Waals surface area contributed by atoms with Crippen LogP contribution in [0.2, 0.25) is 0 Å². The molecule has 0 aliphatic carbocycles. The first-order chi connectivity index (χ1) is 11.8. The van der Waals surface area contributed by atoms with Gasteiger partial charge in [0.15, 0.2) is 11.6 Å². The van der Waals surface area contributed by atoms with E-state index < -0.39 is 0 Å². The highest BCUT2D eigenvalue weighted by Gasteiger charge is 2.15. The molecule has 4 aromatic rings. The summed E-state index contributed by atoms with van der Waals surface area (Å²) in [7, 11) is 1.63. The SMILES string of the molecule is COc1ccc(-c2cc(-n3nnnc3-c3ccccc3)no2)cc1. The van der Waals surface area contributed by atoms with E-state index in [1.807, 2.05) is 54.6 Å². The molecule has 0 N–H and O–H groups in total. The van der Waals surface area contributed by atoms with Gasteiger partial charge in [-0.1, -0.05) is 35.5 Å². The van der Waals surface area contributed by atoms with E-state index in [0.717, 1.165) is 16.9 Å². The number of tetrazole rings is 1. The molecule has 0 unspecified atom stereocenters. The average molecular weight is 319 g/mol. The maximum absolute atomic E-state index is 5.43. The van der Waals surface area contributed by atoms with Crippen LogP contribution in [-0.4, -0.2) is 32.5 Å². The van der Waals surface area contributed by atoms with Gasteiger partial charge < -0.3 is 9.26 Å². The summed E-state index contributed by atoms with van der Waals surface area (Å²) >= 11 is 0. The molecule has 2 heterocycles. The van der Waals surface area contributed by atoms with Gasteiger partial charge in [0, 0.05) is 17.2 Å². The number of ether oxygens (including phenoxy) is 1. The van der Waals surface area contributed by atoms with E-state index in [-0.39, 0.29) is 0 Å². The second-order valence-electron chi connectivity index (χ2n) is 5.06. The molecule has 0 saturated carbocycles. The lowest BCUT2D eigenvalue weighted by atomic mass is 10.1. The monoisotopic (exact) mass is 319 g/mol. The lowest BCUT2D eigenvalue weighted by molar-refractivity contribution is 0.414. The summed E-state index contributed by atoms with van der Waals surface area (Å²) in [6.45, 7) is 0. The zero-order valence-corrected chi connectivity index (χ0v) is 12.8. The van der Waals surface area contributed by atoms with Crippen LogP contribution in [0.3, 0.4) is 0 Å². The van der Waals surface area contributed by atoms with Crippen molar-refractivity contribution >= 4 is 0 Å². The Morgan fingerprint density at radius 1 is 0.958 bits per heavy atom. The van der Waals surface area contributed by atoms with Crippen molar-refractivity contribution in [3.8, 4) is 34.3 Å². The van der Waals surface area contributed by atoms with Gasteiger partial charge in [-0.3, -0.25) is 0 Å². The minimum absolute atomic E-state index is 0.518. The summed E-state index contributed by atoms with van der Waals surface area (Å²) in [5.41, 5.74) is 1.79. The normalized spacial score (nSPS) is 10.7. The van der Waals surface area contributed by atoms with Gasteiger partial charge >= 0.3 is 0 Å². The zero-order chi connectivity index (χ0) is 16.4. The summed E-state index contributed by atoms with van der Waals surface area (Å²) in [6.07, 6.45) is 0. The second kappa shape index (κ2) is 5.96. The first-order valence-electron chi connectivity index (χ1n) is 7.30. The smallest absolute Gasteiger partial charge is 0.201 e. The number of rotatable bonds is 4. The van der Waals surface area contributed by atoms with E-state index in [9.17, 15) is 0 Å². The summed E-state index contributed by atoms with van der Waals surface area (Å²) < 4.78 is 12.1. The molecule has 2 aromatic heterocycles. The minimum Gasteiger partial charge on any atom is -0.497 e. The maximum atomic E-state index is 5.43. The van der Waals surface area contributed by atoms with Gasteiger partial charge in [0.05, 0.1) is 7.11 Å². The predicted molar refractivity (Wildman–Crippen MR) is 86.6 cm³/mol. The van der Waals surface area contributed by atoms with Crippen molar-refractivity contribution in [3.63, 3.8) is 0 Å². The molecule has 7 nitrogen and oxygen atoms in total. The Morgan fingerprint density at radius 2 is 1.75 bits per heavy atom. The van der Waals surface area contributed by atoms with Gasteiger partial charge in [0.2, 0.25) is 5.82 Å². The van der Waals surface area contributed by atoms with Gasteiger partial charge in [-0.05, 0) is 34.7 Å². The molecule has 7 heteroatoms. The summed E-state index contributed by atoms with van der Waals surface area (Å²) in [5, 5.41) is 15.9. The third-order valence-corrected chi connectivity index (χ3v) is 3.59. The van der Waals surface area contributed by atoms with Crippen LogP contribution in [0.4, 0.5) is 0 Å². The molecule has 2 aromatic carbocycles. The van der Waals surface area contributed by atoms with Crippen LogP contribution in [0.25, 0.3) is 28.5 Å². The molecular weight excluding hydrogens is 306 g/mol.